The van der Waals surface area contributed by atoms with Crippen molar-refractivity contribution in [3.05, 3.63) is 52.2 Å². The molecule has 0 amide bonds. The third-order valence-electron chi connectivity index (χ3n) is 4.99. The summed E-state index contributed by atoms with van der Waals surface area (Å²) in [7, 11) is 0. The van der Waals surface area contributed by atoms with Crippen molar-refractivity contribution in [2.45, 2.75) is 38.6 Å². The van der Waals surface area contributed by atoms with Gasteiger partial charge in [0, 0.05) is 35.8 Å². The minimum atomic E-state index is -0.166. The molecule has 0 N–H and O–H groups in total. The van der Waals surface area contributed by atoms with Crippen LogP contribution >= 0.6 is 11.3 Å². The standard InChI is InChI=1S/C17H18N4S/c1-16(2)12-5-8-22-14(12)13(20-17(16,3)4)11-9-19-15-18-6-7-21(15)10-11/h5-10H,1-4H3. The summed E-state index contributed by atoms with van der Waals surface area (Å²) in [5.41, 5.74) is 3.30. The van der Waals surface area contributed by atoms with Crippen molar-refractivity contribution < 1.29 is 0 Å². The van der Waals surface area contributed by atoms with Gasteiger partial charge in [-0.3, -0.25) is 9.39 Å². The van der Waals surface area contributed by atoms with E-state index in [-0.39, 0.29) is 11.0 Å². The smallest absolute Gasteiger partial charge is 0.233 e. The highest BCUT2D eigenvalue weighted by molar-refractivity contribution is 7.12. The van der Waals surface area contributed by atoms with Crippen LogP contribution in [0, 0.1) is 0 Å². The monoisotopic (exact) mass is 310 g/mol. The maximum absolute atomic E-state index is 5.10. The summed E-state index contributed by atoms with van der Waals surface area (Å²) in [6.45, 7) is 8.96. The molecular weight excluding hydrogens is 292 g/mol. The van der Waals surface area contributed by atoms with Crippen LogP contribution in [0.1, 0.15) is 43.7 Å². The van der Waals surface area contributed by atoms with Gasteiger partial charge in [-0.2, -0.15) is 0 Å². The zero-order chi connectivity index (χ0) is 15.5. The molecule has 0 radical (unpaired) electrons. The minimum Gasteiger partial charge on any atom is -0.291 e. The Hall–Kier alpha value is -2.01. The highest BCUT2D eigenvalue weighted by Gasteiger charge is 2.44. The lowest BCUT2D eigenvalue weighted by Gasteiger charge is -2.43. The highest BCUT2D eigenvalue weighted by atomic mass is 32.1. The van der Waals surface area contributed by atoms with E-state index < -0.39 is 0 Å². The number of nitrogens with zero attached hydrogens (tertiary/aromatic N) is 4. The largest absolute Gasteiger partial charge is 0.291 e. The molecule has 112 valence electrons. The van der Waals surface area contributed by atoms with Crippen molar-refractivity contribution in [3.63, 3.8) is 0 Å². The van der Waals surface area contributed by atoms with Crippen LogP contribution in [0.5, 0.6) is 0 Å². The van der Waals surface area contributed by atoms with Crippen LogP contribution in [-0.4, -0.2) is 25.6 Å². The second-order valence-electron chi connectivity index (χ2n) is 6.78. The molecule has 0 unspecified atom stereocenters. The Balaban J connectivity index is 1.96. The minimum absolute atomic E-state index is 0.0123. The first kappa shape index (κ1) is 13.6. The molecular formula is C17H18N4S. The zero-order valence-electron chi connectivity index (χ0n) is 13.2. The molecule has 22 heavy (non-hydrogen) atoms. The first-order chi connectivity index (χ1) is 10.4. The first-order valence-corrected chi connectivity index (χ1v) is 8.25. The summed E-state index contributed by atoms with van der Waals surface area (Å²) in [5, 5.41) is 2.16. The van der Waals surface area contributed by atoms with E-state index in [1.807, 2.05) is 16.8 Å². The number of hydrogen-bond acceptors (Lipinski definition) is 4. The van der Waals surface area contributed by atoms with Gasteiger partial charge in [0.05, 0.1) is 16.1 Å². The highest BCUT2D eigenvalue weighted by Crippen LogP contribution is 2.45. The van der Waals surface area contributed by atoms with Crippen LogP contribution in [-0.2, 0) is 5.41 Å². The Morgan fingerprint density at radius 1 is 1.14 bits per heavy atom. The molecule has 1 aliphatic heterocycles. The Morgan fingerprint density at radius 3 is 2.77 bits per heavy atom. The van der Waals surface area contributed by atoms with Gasteiger partial charge in [0.1, 0.15) is 0 Å². The average Bonchev–Trinajstić information content (AvgIpc) is 3.11. The predicted molar refractivity (Wildman–Crippen MR) is 90.1 cm³/mol. The van der Waals surface area contributed by atoms with E-state index in [0.29, 0.717) is 5.78 Å². The SMILES string of the molecule is CC1(C)N=C(c2cnc3nccn3c2)c2sccc2C1(C)C. The molecule has 0 aliphatic carbocycles. The van der Waals surface area contributed by atoms with Gasteiger partial charge in [-0.1, -0.05) is 13.8 Å². The van der Waals surface area contributed by atoms with Crippen LogP contribution in [0.3, 0.4) is 0 Å². The number of thiophene rings is 1. The van der Waals surface area contributed by atoms with Crippen LogP contribution in [0.25, 0.3) is 5.78 Å². The summed E-state index contributed by atoms with van der Waals surface area (Å²) in [6.07, 6.45) is 7.61. The molecule has 3 aromatic heterocycles. The maximum Gasteiger partial charge on any atom is 0.233 e. The van der Waals surface area contributed by atoms with Crippen molar-refractivity contribution >= 4 is 22.8 Å². The van der Waals surface area contributed by atoms with Gasteiger partial charge in [0.25, 0.3) is 0 Å². The van der Waals surface area contributed by atoms with Gasteiger partial charge in [0.15, 0.2) is 0 Å². The van der Waals surface area contributed by atoms with Crippen molar-refractivity contribution in [3.8, 4) is 0 Å². The van der Waals surface area contributed by atoms with E-state index in [0.717, 1.165) is 11.3 Å². The summed E-state index contributed by atoms with van der Waals surface area (Å²) in [5.74, 6) is 0.714. The molecule has 0 saturated carbocycles. The molecule has 3 aromatic rings. The summed E-state index contributed by atoms with van der Waals surface area (Å²) in [4.78, 5) is 15.0. The molecule has 0 bridgehead atoms. The Kier molecular flexibility index (Phi) is 2.64. The van der Waals surface area contributed by atoms with Gasteiger partial charge >= 0.3 is 0 Å². The Labute approximate surface area is 133 Å². The topological polar surface area (TPSA) is 42.5 Å². The quantitative estimate of drug-likeness (QED) is 0.688. The van der Waals surface area contributed by atoms with Crippen LogP contribution < -0.4 is 0 Å². The van der Waals surface area contributed by atoms with E-state index in [1.54, 1.807) is 17.5 Å². The number of fused-ring (bicyclic) bond motifs is 2. The fourth-order valence-corrected chi connectivity index (χ4v) is 3.98. The van der Waals surface area contributed by atoms with Crippen LogP contribution in [0.4, 0.5) is 0 Å². The Morgan fingerprint density at radius 2 is 1.95 bits per heavy atom. The predicted octanol–water partition coefficient (Wildman–Crippen LogP) is 3.70. The third kappa shape index (κ3) is 1.72. The summed E-state index contributed by atoms with van der Waals surface area (Å²) < 4.78 is 1.94. The fraction of sp³-hybridized carbons (Fsp3) is 0.353. The average molecular weight is 310 g/mol. The third-order valence-corrected chi connectivity index (χ3v) is 5.91. The van der Waals surface area contributed by atoms with E-state index in [1.165, 1.54) is 10.4 Å². The lowest BCUT2D eigenvalue weighted by molar-refractivity contribution is 0.305. The van der Waals surface area contributed by atoms with E-state index in [4.69, 9.17) is 4.99 Å². The number of aromatic nitrogens is 3. The van der Waals surface area contributed by atoms with Crippen LogP contribution in [0.15, 0.2) is 41.2 Å². The Bertz CT molecular complexity index is 898. The van der Waals surface area contributed by atoms with E-state index in [9.17, 15) is 0 Å². The molecule has 5 heteroatoms. The van der Waals surface area contributed by atoms with Crippen molar-refractivity contribution in [1.29, 1.82) is 0 Å². The normalized spacial score (nSPS) is 19.0. The fourth-order valence-electron chi connectivity index (χ4n) is 2.92. The van der Waals surface area contributed by atoms with Gasteiger partial charge in [-0.15, -0.1) is 11.3 Å². The van der Waals surface area contributed by atoms with Crippen molar-refractivity contribution in [2.75, 3.05) is 0 Å². The van der Waals surface area contributed by atoms with Gasteiger partial charge in [0.2, 0.25) is 5.78 Å². The molecule has 0 atom stereocenters. The zero-order valence-corrected chi connectivity index (χ0v) is 14.0. The number of hydrogen-bond donors (Lipinski definition) is 0. The molecule has 0 saturated heterocycles. The molecule has 1 aliphatic rings. The number of imidazole rings is 1. The first-order valence-electron chi connectivity index (χ1n) is 7.37. The molecule has 4 nitrogen and oxygen atoms in total. The summed E-state index contributed by atoms with van der Waals surface area (Å²) in [6, 6.07) is 2.24. The number of aliphatic imine (C=N–C) groups is 1. The molecule has 0 fully saturated rings. The van der Waals surface area contributed by atoms with Gasteiger partial charge in [-0.05, 0) is 30.9 Å². The summed E-state index contributed by atoms with van der Waals surface area (Å²) >= 11 is 1.76. The number of rotatable bonds is 1. The van der Waals surface area contributed by atoms with Gasteiger partial charge in [-0.25, -0.2) is 9.97 Å². The van der Waals surface area contributed by atoms with Crippen LogP contribution in [0.2, 0.25) is 0 Å². The van der Waals surface area contributed by atoms with Crippen molar-refractivity contribution in [1.82, 2.24) is 14.4 Å². The molecule has 0 spiro atoms. The maximum atomic E-state index is 5.10. The molecule has 4 heterocycles. The lowest BCUT2D eigenvalue weighted by Crippen LogP contribution is -2.45. The molecule has 4 rings (SSSR count). The second kappa shape index (κ2) is 4.26. The second-order valence-corrected chi connectivity index (χ2v) is 7.70. The van der Waals surface area contributed by atoms with Crippen molar-refractivity contribution in [2.24, 2.45) is 4.99 Å². The molecule has 0 aromatic carbocycles. The van der Waals surface area contributed by atoms with E-state index in [2.05, 4.69) is 55.3 Å². The lowest BCUT2D eigenvalue weighted by atomic mass is 9.68. The van der Waals surface area contributed by atoms with E-state index >= 15 is 0 Å². The van der Waals surface area contributed by atoms with Gasteiger partial charge < -0.3 is 0 Å².